The zero-order valence-corrected chi connectivity index (χ0v) is 14.1. The molecule has 0 bridgehead atoms. The topological polar surface area (TPSA) is 32.3 Å². The first kappa shape index (κ1) is 15.5. The summed E-state index contributed by atoms with van der Waals surface area (Å²) in [5, 5.41) is 3.17. The molecule has 0 saturated carbocycles. The number of nitrogens with one attached hydrogen (secondary N) is 1. The first-order valence-corrected chi connectivity index (χ1v) is 8.60. The van der Waals surface area contributed by atoms with E-state index in [1.807, 2.05) is 0 Å². The van der Waals surface area contributed by atoms with E-state index in [1.54, 1.807) is 0 Å². The number of carbonyl (C=O) groups is 1. The summed E-state index contributed by atoms with van der Waals surface area (Å²) in [6.45, 7) is 9.74. The van der Waals surface area contributed by atoms with Gasteiger partial charge in [0.25, 0.3) is 0 Å². The molecule has 2 heterocycles. The number of rotatable bonds is 2. The number of likely N-dealkylation sites (tertiary alicyclic amines) is 1. The minimum atomic E-state index is -0.284. The molecule has 3 nitrogen and oxygen atoms in total. The van der Waals surface area contributed by atoms with Crippen molar-refractivity contribution in [2.75, 3.05) is 25.0 Å². The van der Waals surface area contributed by atoms with Crippen molar-refractivity contribution in [3.63, 3.8) is 0 Å². The van der Waals surface area contributed by atoms with E-state index in [1.165, 1.54) is 24.0 Å². The van der Waals surface area contributed by atoms with Crippen molar-refractivity contribution in [2.45, 2.75) is 46.5 Å². The quantitative estimate of drug-likeness (QED) is 0.905. The van der Waals surface area contributed by atoms with Crippen LogP contribution in [0.25, 0.3) is 0 Å². The van der Waals surface area contributed by atoms with Crippen molar-refractivity contribution >= 4 is 11.6 Å². The van der Waals surface area contributed by atoms with Crippen LogP contribution in [-0.4, -0.2) is 30.4 Å². The Morgan fingerprint density at radius 2 is 2.05 bits per heavy atom. The standard InChI is InChI=1S/C19H28N2O/c1-14-7-10-21(11-8-14)13-19(3)9-6-16-12-15(2)4-5-17(16)20-18(19)22/h4-5,12,14H,6-11,13H2,1-3H3,(H,20,22). The van der Waals surface area contributed by atoms with Gasteiger partial charge in [-0.1, -0.05) is 24.6 Å². The van der Waals surface area contributed by atoms with Crippen molar-refractivity contribution in [1.29, 1.82) is 0 Å². The smallest absolute Gasteiger partial charge is 0.231 e. The third kappa shape index (κ3) is 3.19. The molecule has 3 rings (SSSR count). The number of benzene rings is 1. The Morgan fingerprint density at radius 3 is 2.77 bits per heavy atom. The predicted octanol–water partition coefficient (Wildman–Crippen LogP) is 3.62. The number of aryl methyl sites for hydroxylation is 2. The number of amides is 1. The van der Waals surface area contributed by atoms with Crippen LogP contribution in [0.5, 0.6) is 0 Å². The van der Waals surface area contributed by atoms with Gasteiger partial charge in [0.15, 0.2) is 0 Å². The molecule has 2 aliphatic heterocycles. The molecule has 1 amide bonds. The van der Waals surface area contributed by atoms with Crippen LogP contribution < -0.4 is 5.32 Å². The molecule has 3 heteroatoms. The second-order valence-corrected chi connectivity index (χ2v) is 7.63. The molecule has 1 saturated heterocycles. The van der Waals surface area contributed by atoms with Crippen LogP contribution in [0.15, 0.2) is 18.2 Å². The first-order chi connectivity index (χ1) is 10.5. The van der Waals surface area contributed by atoms with E-state index in [9.17, 15) is 4.79 Å². The molecule has 0 spiro atoms. The summed E-state index contributed by atoms with van der Waals surface area (Å²) in [5.41, 5.74) is 3.27. The third-order valence-electron chi connectivity index (χ3n) is 5.45. The van der Waals surface area contributed by atoms with Gasteiger partial charge < -0.3 is 10.2 Å². The summed E-state index contributed by atoms with van der Waals surface area (Å²) in [6, 6.07) is 6.34. The van der Waals surface area contributed by atoms with Gasteiger partial charge in [-0.3, -0.25) is 4.79 Å². The van der Waals surface area contributed by atoms with E-state index in [4.69, 9.17) is 0 Å². The number of carbonyl (C=O) groups excluding carboxylic acids is 1. The Bertz CT molecular complexity index is 561. The Kier molecular flexibility index (Phi) is 4.26. The lowest BCUT2D eigenvalue weighted by Crippen LogP contribution is -2.46. The van der Waals surface area contributed by atoms with Crippen molar-refractivity contribution < 1.29 is 4.79 Å². The molecule has 1 fully saturated rings. The highest BCUT2D eigenvalue weighted by molar-refractivity contribution is 5.96. The molecule has 1 atom stereocenters. The third-order valence-corrected chi connectivity index (χ3v) is 5.45. The summed E-state index contributed by atoms with van der Waals surface area (Å²) in [4.78, 5) is 15.3. The lowest BCUT2D eigenvalue weighted by atomic mass is 9.82. The summed E-state index contributed by atoms with van der Waals surface area (Å²) >= 11 is 0. The molecule has 2 aliphatic rings. The van der Waals surface area contributed by atoms with Gasteiger partial charge in [-0.25, -0.2) is 0 Å². The second-order valence-electron chi connectivity index (χ2n) is 7.63. The number of fused-ring (bicyclic) bond motifs is 1. The fraction of sp³-hybridized carbons (Fsp3) is 0.632. The average molecular weight is 300 g/mol. The van der Waals surface area contributed by atoms with E-state index < -0.39 is 0 Å². The predicted molar refractivity (Wildman–Crippen MR) is 91.1 cm³/mol. The summed E-state index contributed by atoms with van der Waals surface area (Å²) in [5.74, 6) is 1.02. The normalized spacial score (nSPS) is 27.1. The molecule has 0 aromatic heterocycles. The van der Waals surface area contributed by atoms with Gasteiger partial charge >= 0.3 is 0 Å². The van der Waals surface area contributed by atoms with Crippen molar-refractivity contribution in [3.05, 3.63) is 29.3 Å². The number of anilines is 1. The maximum Gasteiger partial charge on any atom is 0.231 e. The van der Waals surface area contributed by atoms with E-state index in [-0.39, 0.29) is 11.3 Å². The molecule has 22 heavy (non-hydrogen) atoms. The molecule has 1 aromatic rings. The van der Waals surface area contributed by atoms with Crippen LogP contribution in [0.2, 0.25) is 0 Å². The molecule has 0 aliphatic carbocycles. The van der Waals surface area contributed by atoms with E-state index in [0.717, 1.165) is 44.1 Å². The van der Waals surface area contributed by atoms with E-state index in [0.29, 0.717) is 0 Å². The highest BCUT2D eigenvalue weighted by atomic mass is 16.2. The Labute approximate surface area is 134 Å². The number of hydrogen-bond acceptors (Lipinski definition) is 2. The first-order valence-electron chi connectivity index (χ1n) is 8.60. The Morgan fingerprint density at radius 1 is 1.32 bits per heavy atom. The summed E-state index contributed by atoms with van der Waals surface area (Å²) in [7, 11) is 0. The maximum absolute atomic E-state index is 12.8. The van der Waals surface area contributed by atoms with Crippen molar-refractivity contribution in [3.8, 4) is 0 Å². The largest absolute Gasteiger partial charge is 0.325 e. The van der Waals surface area contributed by atoms with Gasteiger partial charge in [0.2, 0.25) is 5.91 Å². The van der Waals surface area contributed by atoms with Gasteiger partial charge in [0.1, 0.15) is 0 Å². The van der Waals surface area contributed by atoms with Gasteiger partial charge in [-0.05, 0) is 70.2 Å². The monoisotopic (exact) mass is 300 g/mol. The van der Waals surface area contributed by atoms with Crippen molar-refractivity contribution in [2.24, 2.45) is 11.3 Å². The van der Waals surface area contributed by atoms with Crippen LogP contribution in [0.1, 0.15) is 44.2 Å². The van der Waals surface area contributed by atoms with Crippen LogP contribution in [0.3, 0.4) is 0 Å². The van der Waals surface area contributed by atoms with Crippen LogP contribution in [-0.2, 0) is 11.2 Å². The van der Waals surface area contributed by atoms with Gasteiger partial charge in [-0.2, -0.15) is 0 Å². The van der Waals surface area contributed by atoms with Crippen LogP contribution in [0.4, 0.5) is 5.69 Å². The summed E-state index contributed by atoms with van der Waals surface area (Å²) < 4.78 is 0. The average Bonchev–Trinajstić information content (AvgIpc) is 2.60. The molecular weight excluding hydrogens is 272 g/mol. The Hall–Kier alpha value is -1.35. The molecular formula is C19H28N2O. The highest BCUT2D eigenvalue weighted by Gasteiger charge is 2.37. The number of nitrogens with zero attached hydrogens (tertiary/aromatic N) is 1. The van der Waals surface area contributed by atoms with E-state index in [2.05, 4.69) is 49.2 Å². The molecule has 1 N–H and O–H groups in total. The van der Waals surface area contributed by atoms with Crippen LogP contribution in [0, 0.1) is 18.3 Å². The summed E-state index contributed by atoms with van der Waals surface area (Å²) in [6.07, 6.45) is 4.44. The lowest BCUT2D eigenvalue weighted by molar-refractivity contribution is -0.126. The molecule has 1 aromatic carbocycles. The Balaban J connectivity index is 1.73. The van der Waals surface area contributed by atoms with Crippen LogP contribution >= 0.6 is 0 Å². The van der Waals surface area contributed by atoms with Gasteiger partial charge in [0.05, 0.1) is 5.41 Å². The maximum atomic E-state index is 12.8. The zero-order valence-electron chi connectivity index (χ0n) is 14.1. The second kappa shape index (κ2) is 6.04. The SMILES string of the molecule is Cc1ccc2c(c1)CCC(C)(CN1CCC(C)CC1)C(=O)N2. The van der Waals surface area contributed by atoms with Crippen molar-refractivity contribution in [1.82, 2.24) is 4.90 Å². The molecule has 0 radical (unpaired) electrons. The minimum absolute atomic E-state index is 0.189. The lowest BCUT2D eigenvalue weighted by Gasteiger charge is -2.37. The zero-order chi connectivity index (χ0) is 15.7. The minimum Gasteiger partial charge on any atom is -0.325 e. The molecule has 120 valence electrons. The fourth-order valence-corrected chi connectivity index (χ4v) is 3.71. The molecule has 1 unspecified atom stereocenters. The van der Waals surface area contributed by atoms with Gasteiger partial charge in [0, 0.05) is 12.2 Å². The van der Waals surface area contributed by atoms with E-state index >= 15 is 0 Å². The number of piperidine rings is 1. The highest BCUT2D eigenvalue weighted by Crippen LogP contribution is 2.34. The van der Waals surface area contributed by atoms with Gasteiger partial charge in [-0.15, -0.1) is 0 Å². The number of hydrogen-bond donors (Lipinski definition) is 1. The fourth-order valence-electron chi connectivity index (χ4n) is 3.71.